The standard InChI is InChI=1S/C50H69NO13/c1-11-28(2)44-31(5)21-22-49(64-44)26-38-24-37(63-49)18-15-30(4)43(61-41-25-40(56-9)45(33(7)59-41)62-47(52)34-16-19-36(55-8)20-17-34)29(3)13-12-14-35-27-58-46-42(51-57-10)32(6)23-39(48(53)60-38)50(35,46)54/h12-17,19-20,23,28-29,31,33,37-41,43-46,54H,11,18,21-22,24-27H2,1-10H3/b13-12+,30-15+,35-14+,51-42+/t28?,29-,31-,33-,37+,38-,39-,40-,41-,43-,44+,45-,46+,49+,50+/m0/s1. The van der Waals surface area contributed by atoms with Gasteiger partial charge in [0.05, 0.1) is 43.7 Å². The first-order valence-electron chi connectivity index (χ1n) is 23.1. The molecule has 0 saturated carbocycles. The zero-order valence-corrected chi connectivity index (χ0v) is 39.2. The van der Waals surface area contributed by atoms with E-state index >= 15 is 0 Å². The average Bonchev–Trinajstić information content (AvgIpc) is 3.62. The van der Waals surface area contributed by atoms with Crippen LogP contribution in [0.15, 0.2) is 76.5 Å². The fraction of sp³-hybridized carbons (Fsp3) is 0.660. The number of oxime groups is 1. The van der Waals surface area contributed by atoms with E-state index in [2.05, 4.69) is 38.9 Å². The van der Waals surface area contributed by atoms with Gasteiger partial charge in [0, 0.05) is 38.7 Å². The summed E-state index contributed by atoms with van der Waals surface area (Å²) in [6.45, 7) is 14.5. The molecule has 14 nitrogen and oxygen atoms in total. The van der Waals surface area contributed by atoms with E-state index in [0.29, 0.717) is 72.1 Å². The molecule has 7 rings (SSSR count). The molecule has 4 fully saturated rings. The van der Waals surface area contributed by atoms with Gasteiger partial charge in [0.2, 0.25) is 0 Å². The van der Waals surface area contributed by atoms with Crippen LogP contribution in [0.2, 0.25) is 0 Å². The Morgan fingerprint density at radius 1 is 1.05 bits per heavy atom. The number of aliphatic hydroxyl groups is 1. The van der Waals surface area contributed by atoms with Crippen LogP contribution in [0, 0.1) is 23.7 Å². The van der Waals surface area contributed by atoms with Crippen LogP contribution in [0.1, 0.15) is 104 Å². The average molecular weight is 892 g/mol. The molecule has 0 aromatic heterocycles. The molecular weight excluding hydrogens is 823 g/mol. The number of esters is 2. The van der Waals surface area contributed by atoms with Crippen LogP contribution in [0.4, 0.5) is 0 Å². The van der Waals surface area contributed by atoms with E-state index in [4.69, 9.17) is 47.5 Å². The van der Waals surface area contributed by atoms with E-state index in [0.717, 1.165) is 18.4 Å². The van der Waals surface area contributed by atoms with Crippen molar-refractivity contribution in [3.8, 4) is 5.75 Å². The fourth-order valence-corrected chi connectivity index (χ4v) is 10.4. The lowest BCUT2D eigenvalue weighted by Crippen LogP contribution is -2.57. The number of hydrogen-bond acceptors (Lipinski definition) is 14. The Morgan fingerprint density at radius 3 is 2.52 bits per heavy atom. The van der Waals surface area contributed by atoms with Crippen LogP contribution in [0.5, 0.6) is 5.75 Å². The fourth-order valence-electron chi connectivity index (χ4n) is 10.4. The molecule has 4 saturated heterocycles. The Balaban J connectivity index is 1.20. The summed E-state index contributed by atoms with van der Waals surface area (Å²) in [6, 6.07) is 6.75. The molecule has 6 aliphatic rings. The van der Waals surface area contributed by atoms with Crippen molar-refractivity contribution in [2.75, 3.05) is 27.9 Å². The maximum absolute atomic E-state index is 14.5. The zero-order chi connectivity index (χ0) is 45.9. The predicted octanol–water partition coefficient (Wildman–Crippen LogP) is 7.58. The minimum atomic E-state index is -1.79. The van der Waals surface area contributed by atoms with Gasteiger partial charge in [-0.3, -0.25) is 4.79 Å². The van der Waals surface area contributed by atoms with Crippen molar-refractivity contribution >= 4 is 17.7 Å². The number of carbonyl (C=O) groups is 2. The summed E-state index contributed by atoms with van der Waals surface area (Å²) in [5, 5.41) is 17.0. The zero-order valence-electron chi connectivity index (χ0n) is 39.2. The number of carbonyl (C=O) groups excluding carboxylic acids is 2. The number of ether oxygens (including phenoxy) is 9. The van der Waals surface area contributed by atoms with E-state index in [1.807, 2.05) is 39.0 Å². The van der Waals surface area contributed by atoms with Gasteiger partial charge in [-0.25, -0.2) is 4.79 Å². The number of rotatable bonds is 9. The smallest absolute Gasteiger partial charge is 0.338 e. The highest BCUT2D eigenvalue weighted by Gasteiger charge is 2.60. The van der Waals surface area contributed by atoms with Crippen molar-refractivity contribution in [3.63, 3.8) is 0 Å². The van der Waals surface area contributed by atoms with E-state index in [-0.39, 0.29) is 24.7 Å². The van der Waals surface area contributed by atoms with E-state index in [1.165, 1.54) is 7.11 Å². The van der Waals surface area contributed by atoms with Crippen molar-refractivity contribution < 1.29 is 62.2 Å². The summed E-state index contributed by atoms with van der Waals surface area (Å²) in [6.07, 6.45) is 8.99. The molecule has 2 bridgehead atoms. The van der Waals surface area contributed by atoms with Crippen LogP contribution in [-0.4, -0.2) is 117 Å². The first kappa shape index (κ1) is 48.1. The molecule has 1 spiro atoms. The highest BCUT2D eigenvalue weighted by molar-refractivity contribution is 6.07. The molecule has 1 aliphatic carbocycles. The van der Waals surface area contributed by atoms with E-state index in [1.54, 1.807) is 44.6 Å². The molecule has 15 atom stereocenters. The summed E-state index contributed by atoms with van der Waals surface area (Å²) >= 11 is 0. The normalized spacial score (nSPS) is 41.3. The van der Waals surface area contributed by atoms with Gasteiger partial charge in [0.15, 0.2) is 18.2 Å². The monoisotopic (exact) mass is 891 g/mol. The molecule has 1 aromatic carbocycles. The first-order valence-corrected chi connectivity index (χ1v) is 23.1. The molecule has 0 amide bonds. The minimum absolute atomic E-state index is 0.0130. The van der Waals surface area contributed by atoms with Crippen molar-refractivity contribution in [1.82, 2.24) is 0 Å². The van der Waals surface area contributed by atoms with E-state index < -0.39 is 72.2 Å². The minimum Gasteiger partial charge on any atom is -0.497 e. The first-order chi connectivity index (χ1) is 30.6. The lowest BCUT2D eigenvalue weighted by atomic mass is 9.71. The Bertz CT molecular complexity index is 1970. The quantitative estimate of drug-likeness (QED) is 0.147. The largest absolute Gasteiger partial charge is 0.497 e. The van der Waals surface area contributed by atoms with Crippen LogP contribution in [-0.2, 0) is 47.5 Å². The van der Waals surface area contributed by atoms with Gasteiger partial charge >= 0.3 is 11.9 Å². The van der Waals surface area contributed by atoms with Gasteiger partial charge in [0.25, 0.3) is 0 Å². The van der Waals surface area contributed by atoms with Gasteiger partial charge in [-0.1, -0.05) is 69.7 Å². The topological polar surface area (TPSA) is 159 Å². The Labute approximate surface area is 378 Å². The van der Waals surface area contributed by atoms with Crippen LogP contribution in [0.25, 0.3) is 0 Å². The maximum atomic E-state index is 14.5. The molecule has 14 heteroatoms. The SMILES string of the molecule is CCC(C)[C@H]1O[C@]2(CC[C@@H]1C)C[C@@H]1C[C@@H](C/C=C(\C)[C@@H](O[C@H]3C[C@H](OC)[C@@H](OC(=O)c4ccc(OC)cc4)[C@H](C)O3)[C@@H](C)/C=C/C=C3\CO[C@@H]4/C(=N/OC)C(C)=C[C@@H](C(=O)O1)[C@]34O)O2. The number of methoxy groups -OCH3 is 2. The number of allylic oxidation sites excluding steroid dienone is 2. The van der Waals surface area contributed by atoms with Crippen molar-refractivity contribution in [2.24, 2.45) is 28.8 Å². The summed E-state index contributed by atoms with van der Waals surface area (Å²) in [4.78, 5) is 33.0. The number of nitrogens with zero attached hydrogens (tertiary/aromatic N) is 1. The third-order valence-corrected chi connectivity index (χ3v) is 14.3. The van der Waals surface area contributed by atoms with E-state index in [9.17, 15) is 14.7 Å². The van der Waals surface area contributed by atoms with Crippen LogP contribution < -0.4 is 4.74 Å². The van der Waals surface area contributed by atoms with Crippen molar-refractivity contribution in [3.05, 3.63) is 76.9 Å². The number of hydrogen-bond donors (Lipinski definition) is 1. The summed E-state index contributed by atoms with van der Waals surface area (Å²) in [7, 11) is 4.61. The summed E-state index contributed by atoms with van der Waals surface area (Å²) in [5.74, 6) is -1.95. The Hall–Kier alpha value is -3.89. The molecule has 0 radical (unpaired) electrons. The van der Waals surface area contributed by atoms with Gasteiger partial charge in [-0.15, -0.1) is 0 Å². The molecule has 1 unspecified atom stereocenters. The highest BCUT2D eigenvalue weighted by Crippen LogP contribution is 2.47. The lowest BCUT2D eigenvalue weighted by Gasteiger charge is -2.51. The van der Waals surface area contributed by atoms with Crippen molar-refractivity contribution in [2.45, 2.75) is 160 Å². The third-order valence-electron chi connectivity index (χ3n) is 14.3. The van der Waals surface area contributed by atoms with Crippen LogP contribution >= 0.6 is 0 Å². The van der Waals surface area contributed by atoms with Crippen LogP contribution in [0.3, 0.4) is 0 Å². The van der Waals surface area contributed by atoms with Gasteiger partial charge in [-0.05, 0) is 86.4 Å². The number of fused-ring (bicyclic) bond motifs is 2. The second-order valence-electron chi connectivity index (χ2n) is 18.7. The maximum Gasteiger partial charge on any atom is 0.338 e. The molecular formula is C50H69NO13. The molecule has 64 heavy (non-hydrogen) atoms. The lowest BCUT2D eigenvalue weighted by molar-refractivity contribution is -0.340. The summed E-state index contributed by atoms with van der Waals surface area (Å²) < 4.78 is 57.2. The highest BCUT2D eigenvalue weighted by atomic mass is 16.7. The third kappa shape index (κ3) is 9.94. The molecule has 5 aliphatic heterocycles. The second-order valence-corrected chi connectivity index (χ2v) is 18.7. The second kappa shape index (κ2) is 20.3. The summed E-state index contributed by atoms with van der Waals surface area (Å²) in [5.41, 5.74) is 1.15. The van der Waals surface area contributed by atoms with Gasteiger partial charge in [-0.2, -0.15) is 0 Å². The predicted molar refractivity (Wildman–Crippen MR) is 237 cm³/mol. The van der Waals surface area contributed by atoms with Crippen molar-refractivity contribution in [1.29, 1.82) is 0 Å². The van der Waals surface area contributed by atoms with Gasteiger partial charge < -0.3 is 52.6 Å². The Kier molecular flexibility index (Phi) is 15.3. The molecule has 1 aromatic rings. The molecule has 5 heterocycles. The Morgan fingerprint density at radius 2 is 1.81 bits per heavy atom. The molecule has 1 N–H and O–H groups in total. The molecule has 352 valence electrons. The van der Waals surface area contributed by atoms with Gasteiger partial charge in [0.1, 0.15) is 48.4 Å². The number of benzene rings is 1.